The molecule has 2 heterocycles. The smallest absolute Gasteiger partial charge is 0.295 e. The lowest BCUT2D eigenvalue weighted by Crippen LogP contribution is -2.29. The summed E-state index contributed by atoms with van der Waals surface area (Å²) in [6.45, 7) is 3.96. The van der Waals surface area contributed by atoms with Gasteiger partial charge < -0.3 is 14.7 Å². The van der Waals surface area contributed by atoms with E-state index in [-0.39, 0.29) is 17.9 Å². The Labute approximate surface area is 186 Å². The summed E-state index contributed by atoms with van der Waals surface area (Å²) < 4.78 is 5.36. The van der Waals surface area contributed by atoms with Gasteiger partial charge in [-0.2, -0.15) is 0 Å². The normalized spacial score (nSPS) is 17.6. The summed E-state index contributed by atoms with van der Waals surface area (Å²) in [7, 11) is 1.56. The highest BCUT2D eigenvalue weighted by atomic mass is 16.5. The summed E-state index contributed by atoms with van der Waals surface area (Å²) in [4.78, 5) is 31.9. The third-order valence-electron chi connectivity index (χ3n) is 5.67. The second-order valence-electron chi connectivity index (χ2n) is 7.88. The number of ketones is 1. The Bertz CT molecular complexity index is 1220. The lowest BCUT2D eigenvalue weighted by Gasteiger charge is -2.25. The summed E-state index contributed by atoms with van der Waals surface area (Å²) in [6.07, 6.45) is 3.31. The van der Waals surface area contributed by atoms with Crippen LogP contribution in [0.15, 0.2) is 72.6 Å². The molecule has 1 unspecified atom stereocenters. The van der Waals surface area contributed by atoms with E-state index in [2.05, 4.69) is 4.98 Å². The number of carbonyl (C=O) groups excluding carboxylic acids is 2. The maximum absolute atomic E-state index is 13.2. The van der Waals surface area contributed by atoms with Crippen molar-refractivity contribution >= 4 is 17.4 Å². The first-order valence-electron chi connectivity index (χ1n) is 10.3. The van der Waals surface area contributed by atoms with E-state index in [0.29, 0.717) is 16.9 Å². The van der Waals surface area contributed by atoms with Crippen molar-refractivity contribution in [2.24, 2.45) is 0 Å². The number of aromatic nitrogens is 1. The Kier molecular flexibility index (Phi) is 5.77. The van der Waals surface area contributed by atoms with Gasteiger partial charge in [0.2, 0.25) is 0 Å². The molecule has 32 heavy (non-hydrogen) atoms. The molecular weight excluding hydrogens is 404 g/mol. The van der Waals surface area contributed by atoms with E-state index in [1.807, 2.05) is 44.2 Å². The van der Waals surface area contributed by atoms with E-state index >= 15 is 0 Å². The molecule has 0 radical (unpaired) electrons. The molecule has 1 saturated heterocycles. The number of ether oxygens (including phenoxy) is 1. The number of nitrogens with zero attached hydrogens (tertiary/aromatic N) is 2. The van der Waals surface area contributed by atoms with Crippen LogP contribution in [-0.2, 0) is 16.1 Å². The van der Waals surface area contributed by atoms with Crippen LogP contribution >= 0.6 is 0 Å². The Morgan fingerprint density at radius 2 is 1.91 bits per heavy atom. The topological polar surface area (TPSA) is 79.7 Å². The first-order chi connectivity index (χ1) is 15.4. The monoisotopic (exact) mass is 428 g/mol. The van der Waals surface area contributed by atoms with Crippen LogP contribution in [0.1, 0.15) is 33.9 Å². The SMILES string of the molecule is COc1cccc(C2C(=C(O)c3cc(C)ccc3C)C(=O)C(=O)N2Cc2cccnc2)c1. The Balaban J connectivity index is 1.91. The van der Waals surface area contributed by atoms with Crippen LogP contribution in [0.4, 0.5) is 0 Å². The summed E-state index contributed by atoms with van der Waals surface area (Å²) in [6, 6.07) is 15.7. The number of likely N-dealkylation sites (tertiary alicyclic amines) is 1. The quantitative estimate of drug-likeness (QED) is 0.372. The molecule has 4 rings (SSSR count). The number of pyridine rings is 1. The van der Waals surface area contributed by atoms with E-state index < -0.39 is 17.7 Å². The Hall–Kier alpha value is -3.93. The highest BCUT2D eigenvalue weighted by Crippen LogP contribution is 2.41. The van der Waals surface area contributed by atoms with Gasteiger partial charge in [0, 0.05) is 24.5 Å². The minimum absolute atomic E-state index is 0.0702. The van der Waals surface area contributed by atoms with Crippen molar-refractivity contribution in [3.8, 4) is 5.75 Å². The van der Waals surface area contributed by atoms with E-state index in [1.165, 1.54) is 4.90 Å². The summed E-state index contributed by atoms with van der Waals surface area (Å²) in [5, 5.41) is 11.3. The molecule has 1 aromatic heterocycles. The number of methoxy groups -OCH3 is 1. The number of aliphatic hydroxyl groups excluding tert-OH is 1. The zero-order valence-electron chi connectivity index (χ0n) is 18.2. The number of amides is 1. The molecule has 0 spiro atoms. The molecule has 162 valence electrons. The molecule has 0 aliphatic carbocycles. The fraction of sp³-hybridized carbons (Fsp3) is 0.192. The zero-order valence-corrected chi connectivity index (χ0v) is 18.2. The minimum atomic E-state index is -0.759. The number of hydrogen-bond acceptors (Lipinski definition) is 5. The van der Waals surface area contributed by atoms with Crippen LogP contribution in [0.2, 0.25) is 0 Å². The Morgan fingerprint density at radius 3 is 2.62 bits per heavy atom. The van der Waals surface area contributed by atoms with E-state index in [4.69, 9.17) is 4.74 Å². The molecule has 6 heteroatoms. The lowest BCUT2D eigenvalue weighted by molar-refractivity contribution is -0.140. The molecule has 0 bridgehead atoms. The predicted octanol–water partition coefficient (Wildman–Crippen LogP) is 4.33. The minimum Gasteiger partial charge on any atom is -0.507 e. The van der Waals surface area contributed by atoms with Crippen molar-refractivity contribution in [1.82, 2.24) is 9.88 Å². The summed E-state index contributed by atoms with van der Waals surface area (Å²) in [5.41, 5.74) is 3.84. The predicted molar refractivity (Wildman–Crippen MR) is 121 cm³/mol. The molecule has 3 aromatic rings. The molecule has 6 nitrogen and oxygen atoms in total. The van der Waals surface area contributed by atoms with Gasteiger partial charge in [-0.3, -0.25) is 14.6 Å². The van der Waals surface area contributed by atoms with Crippen molar-refractivity contribution < 1.29 is 19.4 Å². The van der Waals surface area contributed by atoms with Gasteiger partial charge >= 0.3 is 0 Å². The molecule has 1 aliphatic rings. The summed E-state index contributed by atoms with van der Waals surface area (Å²) in [5.74, 6) is -0.944. The van der Waals surface area contributed by atoms with Crippen molar-refractivity contribution in [3.63, 3.8) is 0 Å². The van der Waals surface area contributed by atoms with Gasteiger partial charge in [-0.1, -0.05) is 35.9 Å². The average molecular weight is 428 g/mol. The van der Waals surface area contributed by atoms with Crippen LogP contribution in [0, 0.1) is 13.8 Å². The van der Waals surface area contributed by atoms with Crippen LogP contribution < -0.4 is 4.74 Å². The summed E-state index contributed by atoms with van der Waals surface area (Å²) >= 11 is 0. The first kappa shape index (κ1) is 21.3. The molecule has 0 saturated carbocycles. The van der Waals surface area contributed by atoms with E-state index in [1.54, 1.807) is 43.8 Å². The molecule has 1 N–H and O–H groups in total. The standard InChI is InChI=1S/C26H24N2O4/c1-16-9-10-17(2)21(12-16)24(29)22-23(19-7-4-8-20(13-19)32-3)28(26(31)25(22)30)15-18-6-5-11-27-14-18/h4-14,23,29H,15H2,1-3H3. The molecule has 1 amide bonds. The lowest BCUT2D eigenvalue weighted by atomic mass is 9.93. The van der Waals surface area contributed by atoms with Gasteiger partial charge in [0.1, 0.15) is 11.5 Å². The molecular formula is C26H24N2O4. The highest BCUT2D eigenvalue weighted by molar-refractivity contribution is 6.46. The van der Waals surface area contributed by atoms with E-state index in [9.17, 15) is 14.7 Å². The van der Waals surface area contributed by atoms with Gasteiger partial charge in [0.05, 0.1) is 18.7 Å². The van der Waals surface area contributed by atoms with E-state index in [0.717, 1.165) is 16.7 Å². The van der Waals surface area contributed by atoms with Crippen LogP contribution in [-0.4, -0.2) is 33.8 Å². The third kappa shape index (κ3) is 3.87. The second-order valence-corrected chi connectivity index (χ2v) is 7.88. The fourth-order valence-electron chi connectivity index (χ4n) is 4.03. The maximum atomic E-state index is 13.2. The number of Topliss-reactive ketones (excluding diaryl/α,β-unsaturated/α-hetero) is 1. The van der Waals surface area contributed by atoms with Gasteiger partial charge in [-0.25, -0.2) is 0 Å². The number of aliphatic hydroxyl groups is 1. The number of hydrogen-bond donors (Lipinski definition) is 1. The number of aryl methyl sites for hydroxylation is 2. The van der Waals surface area contributed by atoms with Crippen LogP contribution in [0.25, 0.3) is 5.76 Å². The van der Waals surface area contributed by atoms with Crippen molar-refractivity contribution in [1.29, 1.82) is 0 Å². The number of benzene rings is 2. The van der Waals surface area contributed by atoms with Gasteiger partial charge in [0.25, 0.3) is 11.7 Å². The van der Waals surface area contributed by atoms with Gasteiger partial charge in [0.15, 0.2) is 0 Å². The van der Waals surface area contributed by atoms with Crippen LogP contribution in [0.5, 0.6) is 5.75 Å². The number of rotatable bonds is 5. The number of carbonyl (C=O) groups is 2. The zero-order chi connectivity index (χ0) is 22.8. The molecule has 1 atom stereocenters. The third-order valence-corrected chi connectivity index (χ3v) is 5.67. The Morgan fingerprint density at radius 1 is 1.09 bits per heavy atom. The molecule has 1 aliphatic heterocycles. The molecule has 1 fully saturated rings. The second kappa shape index (κ2) is 8.67. The van der Waals surface area contributed by atoms with Gasteiger partial charge in [-0.05, 0) is 54.8 Å². The van der Waals surface area contributed by atoms with Crippen LogP contribution in [0.3, 0.4) is 0 Å². The average Bonchev–Trinajstić information content (AvgIpc) is 3.06. The van der Waals surface area contributed by atoms with Crippen molar-refractivity contribution in [2.75, 3.05) is 7.11 Å². The van der Waals surface area contributed by atoms with Crippen molar-refractivity contribution in [2.45, 2.75) is 26.4 Å². The van der Waals surface area contributed by atoms with Crippen molar-refractivity contribution in [3.05, 3.63) is 100 Å². The fourth-order valence-corrected chi connectivity index (χ4v) is 4.03. The largest absolute Gasteiger partial charge is 0.507 e. The highest BCUT2D eigenvalue weighted by Gasteiger charge is 2.46. The maximum Gasteiger partial charge on any atom is 0.295 e. The van der Waals surface area contributed by atoms with Gasteiger partial charge in [-0.15, -0.1) is 0 Å². The molecule has 2 aromatic carbocycles. The first-order valence-corrected chi connectivity index (χ1v) is 10.3.